The molecule has 94 valence electrons. The van der Waals surface area contributed by atoms with Crippen LogP contribution < -0.4 is 10.5 Å². The molecule has 1 saturated heterocycles. The Morgan fingerprint density at radius 2 is 2.00 bits per heavy atom. The normalized spacial score (nSPS) is 18.2. The molecule has 1 aliphatic rings. The van der Waals surface area contributed by atoms with E-state index in [1.165, 1.54) is 18.9 Å². The Hall–Kier alpha value is -1.13. The highest BCUT2D eigenvalue weighted by atomic mass is 19.1. The molecule has 1 atom stereocenters. The number of nitrogens with two attached hydrogens (primary N) is 1. The molecule has 4 heteroatoms. The zero-order valence-corrected chi connectivity index (χ0v) is 9.94. The summed E-state index contributed by atoms with van der Waals surface area (Å²) in [6.07, 6.45) is 2.44. The third-order valence-electron chi connectivity index (χ3n) is 3.20. The van der Waals surface area contributed by atoms with Crippen molar-refractivity contribution >= 4 is 0 Å². The molecule has 0 bridgehead atoms. The number of halogens is 1. The second-order valence-electron chi connectivity index (χ2n) is 4.37. The fraction of sp³-hybridized carbons (Fsp3) is 0.538. The van der Waals surface area contributed by atoms with E-state index in [9.17, 15) is 4.39 Å². The maximum Gasteiger partial charge on any atom is 0.165 e. The van der Waals surface area contributed by atoms with E-state index < -0.39 is 0 Å². The topological polar surface area (TPSA) is 38.5 Å². The molecule has 2 rings (SSSR count). The van der Waals surface area contributed by atoms with Crippen molar-refractivity contribution in [3.8, 4) is 5.75 Å². The number of ether oxygens (including phenoxy) is 1. The van der Waals surface area contributed by atoms with E-state index in [0.717, 1.165) is 13.1 Å². The first-order valence-electron chi connectivity index (χ1n) is 6.12. The van der Waals surface area contributed by atoms with Crippen molar-refractivity contribution in [3.05, 3.63) is 30.1 Å². The zero-order valence-electron chi connectivity index (χ0n) is 9.94. The van der Waals surface area contributed by atoms with E-state index in [-0.39, 0.29) is 11.9 Å². The number of hydrogen-bond acceptors (Lipinski definition) is 3. The van der Waals surface area contributed by atoms with Crippen molar-refractivity contribution in [2.45, 2.75) is 18.9 Å². The van der Waals surface area contributed by atoms with Gasteiger partial charge >= 0.3 is 0 Å². The summed E-state index contributed by atoms with van der Waals surface area (Å²) in [4.78, 5) is 2.32. The fourth-order valence-corrected chi connectivity index (χ4v) is 2.18. The number of para-hydroxylation sites is 1. The summed E-state index contributed by atoms with van der Waals surface area (Å²) in [5.74, 6) is -0.00478. The predicted molar refractivity (Wildman–Crippen MR) is 65.5 cm³/mol. The molecule has 0 aromatic heterocycles. The van der Waals surface area contributed by atoms with Crippen molar-refractivity contribution in [1.82, 2.24) is 4.90 Å². The van der Waals surface area contributed by atoms with Crippen molar-refractivity contribution in [2.75, 3.05) is 26.2 Å². The minimum atomic E-state index is -0.315. The minimum absolute atomic E-state index is 0.192. The van der Waals surface area contributed by atoms with Gasteiger partial charge in [0.1, 0.15) is 6.61 Å². The molecule has 1 heterocycles. The van der Waals surface area contributed by atoms with Crippen LogP contribution >= 0.6 is 0 Å². The lowest BCUT2D eigenvalue weighted by Crippen LogP contribution is -2.42. The molecule has 2 N–H and O–H groups in total. The Morgan fingerprint density at radius 3 is 2.65 bits per heavy atom. The molecule has 1 aromatic rings. The third kappa shape index (κ3) is 3.17. The van der Waals surface area contributed by atoms with E-state index in [2.05, 4.69) is 4.90 Å². The summed E-state index contributed by atoms with van der Waals surface area (Å²) in [5.41, 5.74) is 5.74. The largest absolute Gasteiger partial charge is 0.489 e. The molecule has 17 heavy (non-hydrogen) atoms. The Bertz CT molecular complexity index is 353. The lowest BCUT2D eigenvalue weighted by Gasteiger charge is -2.26. The van der Waals surface area contributed by atoms with E-state index in [1.54, 1.807) is 18.2 Å². The van der Waals surface area contributed by atoms with Crippen molar-refractivity contribution in [1.29, 1.82) is 0 Å². The lowest BCUT2D eigenvalue weighted by molar-refractivity contribution is 0.161. The Morgan fingerprint density at radius 1 is 1.29 bits per heavy atom. The van der Waals surface area contributed by atoms with Gasteiger partial charge in [0.25, 0.3) is 0 Å². The number of likely N-dealkylation sites (tertiary alicyclic amines) is 1. The molecule has 0 aliphatic carbocycles. The molecule has 1 fully saturated rings. The van der Waals surface area contributed by atoms with Crippen LogP contribution in [0.5, 0.6) is 5.75 Å². The Kier molecular flexibility index (Phi) is 4.34. The zero-order chi connectivity index (χ0) is 12.1. The van der Waals surface area contributed by atoms with Gasteiger partial charge in [-0.15, -0.1) is 0 Å². The smallest absolute Gasteiger partial charge is 0.165 e. The monoisotopic (exact) mass is 238 g/mol. The molecule has 1 aliphatic heterocycles. The van der Waals surface area contributed by atoms with Crippen molar-refractivity contribution in [3.63, 3.8) is 0 Å². The van der Waals surface area contributed by atoms with Gasteiger partial charge < -0.3 is 10.5 Å². The molecule has 1 aromatic carbocycles. The van der Waals surface area contributed by atoms with E-state index in [0.29, 0.717) is 18.9 Å². The van der Waals surface area contributed by atoms with Gasteiger partial charge in [-0.3, -0.25) is 4.90 Å². The Balaban J connectivity index is 1.89. The first-order valence-corrected chi connectivity index (χ1v) is 6.12. The molecular weight excluding hydrogens is 219 g/mol. The van der Waals surface area contributed by atoms with E-state index in [4.69, 9.17) is 10.5 Å². The molecule has 0 amide bonds. The highest BCUT2D eigenvalue weighted by molar-refractivity contribution is 5.23. The number of hydrogen-bond donors (Lipinski definition) is 1. The molecule has 3 nitrogen and oxygen atoms in total. The van der Waals surface area contributed by atoms with Crippen LogP contribution in [-0.4, -0.2) is 37.2 Å². The van der Waals surface area contributed by atoms with Gasteiger partial charge in [-0.2, -0.15) is 0 Å². The molecule has 0 radical (unpaired) electrons. The number of rotatable bonds is 5. The molecular formula is C13H19FN2O. The minimum Gasteiger partial charge on any atom is -0.489 e. The second kappa shape index (κ2) is 5.98. The van der Waals surface area contributed by atoms with Crippen molar-refractivity contribution < 1.29 is 9.13 Å². The van der Waals surface area contributed by atoms with Crippen LogP contribution in [0.1, 0.15) is 12.8 Å². The second-order valence-corrected chi connectivity index (χ2v) is 4.37. The highest BCUT2D eigenvalue weighted by Crippen LogP contribution is 2.17. The molecule has 0 spiro atoms. The SMILES string of the molecule is NCC(COc1ccccc1F)N1CCCC1. The van der Waals surface area contributed by atoms with Crippen molar-refractivity contribution in [2.24, 2.45) is 5.73 Å². The fourth-order valence-electron chi connectivity index (χ4n) is 2.18. The first kappa shape index (κ1) is 12.3. The summed E-state index contributed by atoms with van der Waals surface area (Å²) in [7, 11) is 0. The predicted octanol–water partition coefficient (Wildman–Crippen LogP) is 1.63. The highest BCUT2D eigenvalue weighted by Gasteiger charge is 2.21. The van der Waals surface area contributed by atoms with Gasteiger partial charge in [-0.05, 0) is 38.1 Å². The average Bonchev–Trinajstić information content (AvgIpc) is 2.86. The van der Waals surface area contributed by atoms with Crippen LogP contribution in [0, 0.1) is 5.82 Å². The standard InChI is InChI=1S/C13H19FN2O/c14-12-5-1-2-6-13(12)17-10-11(9-15)16-7-3-4-8-16/h1-2,5-6,11H,3-4,7-10,15H2. The lowest BCUT2D eigenvalue weighted by atomic mass is 10.2. The summed E-state index contributed by atoms with van der Waals surface area (Å²) in [6.45, 7) is 3.15. The van der Waals surface area contributed by atoms with E-state index in [1.807, 2.05) is 0 Å². The summed E-state index contributed by atoms with van der Waals surface area (Å²) in [5, 5.41) is 0. The van der Waals surface area contributed by atoms with Gasteiger partial charge in [-0.1, -0.05) is 12.1 Å². The quantitative estimate of drug-likeness (QED) is 0.847. The van der Waals surface area contributed by atoms with Gasteiger partial charge in [0.05, 0.1) is 6.04 Å². The maximum atomic E-state index is 13.4. The van der Waals surface area contributed by atoms with Crippen LogP contribution in [0.2, 0.25) is 0 Å². The average molecular weight is 238 g/mol. The summed E-state index contributed by atoms with van der Waals surface area (Å²) in [6, 6.07) is 6.67. The number of nitrogens with zero attached hydrogens (tertiary/aromatic N) is 1. The van der Waals surface area contributed by atoms with Crippen LogP contribution in [0.4, 0.5) is 4.39 Å². The van der Waals surface area contributed by atoms with Crippen LogP contribution in [0.15, 0.2) is 24.3 Å². The third-order valence-corrected chi connectivity index (χ3v) is 3.20. The van der Waals surface area contributed by atoms with Gasteiger partial charge in [0.15, 0.2) is 11.6 Å². The van der Waals surface area contributed by atoms with Gasteiger partial charge in [0.2, 0.25) is 0 Å². The molecule has 1 unspecified atom stereocenters. The number of benzene rings is 1. The summed E-state index contributed by atoms with van der Waals surface area (Å²) >= 11 is 0. The first-order chi connectivity index (χ1) is 8.31. The maximum absolute atomic E-state index is 13.4. The van der Waals surface area contributed by atoms with Crippen LogP contribution in [-0.2, 0) is 0 Å². The summed E-state index contributed by atoms with van der Waals surface area (Å²) < 4.78 is 18.9. The Labute approximate surface area is 101 Å². The molecule has 0 saturated carbocycles. The van der Waals surface area contributed by atoms with Gasteiger partial charge in [0, 0.05) is 6.54 Å². The van der Waals surface area contributed by atoms with Crippen LogP contribution in [0.25, 0.3) is 0 Å². The van der Waals surface area contributed by atoms with Gasteiger partial charge in [-0.25, -0.2) is 4.39 Å². The van der Waals surface area contributed by atoms with Crippen LogP contribution in [0.3, 0.4) is 0 Å². The van der Waals surface area contributed by atoms with E-state index >= 15 is 0 Å².